The fourth-order valence-corrected chi connectivity index (χ4v) is 3.22. The molecule has 0 aliphatic carbocycles. The maximum absolute atomic E-state index is 12.2. The Morgan fingerprint density at radius 2 is 2.18 bits per heavy atom. The van der Waals surface area contributed by atoms with Crippen molar-refractivity contribution in [3.63, 3.8) is 0 Å². The van der Waals surface area contributed by atoms with Gasteiger partial charge in [0.1, 0.15) is 6.10 Å². The van der Waals surface area contributed by atoms with Crippen LogP contribution in [-0.2, 0) is 9.53 Å². The first kappa shape index (κ1) is 13.1. The molecule has 3 aliphatic heterocycles. The van der Waals surface area contributed by atoms with Gasteiger partial charge in [-0.25, -0.2) is 0 Å². The molecular weight excluding hydrogens is 240 g/mol. The number of nitrogens with one attached hydrogen (secondary N) is 1. The third kappa shape index (κ3) is 2.59. The molecule has 3 atom stereocenters. The second-order valence-corrected chi connectivity index (χ2v) is 5.18. The van der Waals surface area contributed by atoms with Gasteiger partial charge in [-0.3, -0.25) is 4.79 Å². The summed E-state index contributed by atoms with van der Waals surface area (Å²) in [6.07, 6.45) is 4.16. The molecule has 0 saturated carbocycles. The number of halogens is 1. The lowest BCUT2D eigenvalue weighted by atomic mass is 9.93. The van der Waals surface area contributed by atoms with Crippen molar-refractivity contribution in [2.75, 3.05) is 26.2 Å². The first-order chi connectivity index (χ1) is 7.84. The highest BCUT2D eigenvalue weighted by molar-refractivity contribution is 5.85. The van der Waals surface area contributed by atoms with E-state index in [4.69, 9.17) is 4.74 Å². The molecule has 3 heterocycles. The van der Waals surface area contributed by atoms with E-state index in [1.54, 1.807) is 0 Å². The number of hydrogen-bond donors (Lipinski definition) is 1. The van der Waals surface area contributed by atoms with E-state index in [0.717, 1.165) is 45.5 Å². The van der Waals surface area contributed by atoms with Crippen molar-refractivity contribution in [2.45, 2.75) is 37.8 Å². The van der Waals surface area contributed by atoms with Gasteiger partial charge < -0.3 is 15.0 Å². The van der Waals surface area contributed by atoms with Crippen molar-refractivity contribution in [1.82, 2.24) is 10.2 Å². The van der Waals surface area contributed by atoms with Crippen molar-refractivity contribution in [3.8, 4) is 0 Å². The van der Waals surface area contributed by atoms with Gasteiger partial charge in [0.05, 0.1) is 0 Å². The molecule has 5 heteroatoms. The highest BCUT2D eigenvalue weighted by atomic mass is 35.5. The molecule has 3 saturated heterocycles. The SMILES string of the molecule is Cl.O=C(C1CCCO1)N1CCC2NCCC2C1. The third-order valence-corrected chi connectivity index (χ3v) is 4.17. The Balaban J connectivity index is 0.00000108. The van der Waals surface area contributed by atoms with Gasteiger partial charge in [0.15, 0.2) is 0 Å². The van der Waals surface area contributed by atoms with Crippen LogP contribution in [0.2, 0.25) is 0 Å². The largest absolute Gasteiger partial charge is 0.368 e. The van der Waals surface area contributed by atoms with Gasteiger partial charge in [0.25, 0.3) is 5.91 Å². The topological polar surface area (TPSA) is 41.6 Å². The smallest absolute Gasteiger partial charge is 0.251 e. The average molecular weight is 261 g/mol. The number of carbonyl (C=O) groups excluding carboxylic acids is 1. The lowest BCUT2D eigenvalue weighted by Crippen LogP contribution is -2.49. The molecule has 0 aromatic carbocycles. The van der Waals surface area contributed by atoms with Crippen LogP contribution in [0.5, 0.6) is 0 Å². The first-order valence-electron chi connectivity index (χ1n) is 6.48. The number of piperidine rings is 1. The zero-order chi connectivity index (χ0) is 11.0. The van der Waals surface area contributed by atoms with Gasteiger partial charge in [-0.1, -0.05) is 0 Å². The van der Waals surface area contributed by atoms with Gasteiger partial charge in [-0.2, -0.15) is 0 Å². The van der Waals surface area contributed by atoms with Crippen molar-refractivity contribution in [3.05, 3.63) is 0 Å². The molecule has 3 fully saturated rings. The molecule has 98 valence electrons. The number of carbonyl (C=O) groups is 1. The Hall–Kier alpha value is -0.320. The summed E-state index contributed by atoms with van der Waals surface area (Å²) in [6, 6.07) is 0.661. The third-order valence-electron chi connectivity index (χ3n) is 4.17. The molecule has 3 aliphatic rings. The van der Waals surface area contributed by atoms with Crippen molar-refractivity contribution in [2.24, 2.45) is 5.92 Å². The van der Waals surface area contributed by atoms with Crippen LogP contribution >= 0.6 is 12.4 Å². The Morgan fingerprint density at radius 1 is 1.29 bits per heavy atom. The maximum Gasteiger partial charge on any atom is 0.251 e. The summed E-state index contributed by atoms with van der Waals surface area (Å²) >= 11 is 0. The molecule has 1 amide bonds. The number of likely N-dealkylation sites (tertiary alicyclic amines) is 1. The number of rotatable bonds is 1. The highest BCUT2D eigenvalue weighted by Crippen LogP contribution is 2.26. The second kappa shape index (κ2) is 5.55. The Labute approximate surface area is 108 Å². The van der Waals surface area contributed by atoms with E-state index in [1.807, 2.05) is 4.90 Å². The summed E-state index contributed by atoms with van der Waals surface area (Å²) in [6.45, 7) is 3.73. The molecule has 0 aromatic heterocycles. The molecule has 1 N–H and O–H groups in total. The molecule has 4 nitrogen and oxygen atoms in total. The Kier molecular flexibility index (Phi) is 4.28. The van der Waals surface area contributed by atoms with Crippen LogP contribution in [0.15, 0.2) is 0 Å². The molecule has 0 bridgehead atoms. The monoisotopic (exact) mass is 260 g/mol. The van der Waals surface area contributed by atoms with E-state index in [9.17, 15) is 4.79 Å². The molecule has 0 aromatic rings. The predicted molar refractivity (Wildman–Crippen MR) is 67.3 cm³/mol. The standard InChI is InChI=1S/C12H20N2O2.ClH/c15-12(11-2-1-7-16-11)14-6-4-10-9(8-14)3-5-13-10;/h9-11,13H,1-8H2;1H. The van der Waals surface area contributed by atoms with Crippen LogP contribution in [0, 0.1) is 5.92 Å². The van der Waals surface area contributed by atoms with Crippen molar-refractivity contribution < 1.29 is 9.53 Å². The average Bonchev–Trinajstić information content (AvgIpc) is 2.98. The number of amides is 1. The van der Waals surface area contributed by atoms with Crippen LogP contribution in [0.1, 0.15) is 25.7 Å². The summed E-state index contributed by atoms with van der Waals surface area (Å²) in [7, 11) is 0. The molecule has 3 rings (SSSR count). The normalized spacial score (nSPS) is 36.5. The maximum atomic E-state index is 12.2. The first-order valence-corrected chi connectivity index (χ1v) is 6.48. The fourth-order valence-electron chi connectivity index (χ4n) is 3.22. The Morgan fingerprint density at radius 3 is 2.94 bits per heavy atom. The van der Waals surface area contributed by atoms with Crippen LogP contribution in [0.4, 0.5) is 0 Å². The quantitative estimate of drug-likeness (QED) is 0.758. The van der Waals surface area contributed by atoms with Gasteiger partial charge in [-0.05, 0) is 38.1 Å². The zero-order valence-electron chi connectivity index (χ0n) is 10.1. The highest BCUT2D eigenvalue weighted by Gasteiger charge is 2.37. The number of fused-ring (bicyclic) bond motifs is 1. The van der Waals surface area contributed by atoms with Gasteiger partial charge >= 0.3 is 0 Å². The summed E-state index contributed by atoms with van der Waals surface area (Å²) in [4.78, 5) is 14.2. The minimum atomic E-state index is -0.133. The van der Waals surface area contributed by atoms with E-state index >= 15 is 0 Å². The van der Waals surface area contributed by atoms with E-state index in [-0.39, 0.29) is 24.4 Å². The zero-order valence-corrected chi connectivity index (χ0v) is 10.9. The lowest BCUT2D eigenvalue weighted by Gasteiger charge is -2.35. The summed E-state index contributed by atoms with van der Waals surface area (Å²) in [5, 5.41) is 3.52. The van der Waals surface area contributed by atoms with E-state index in [1.165, 1.54) is 6.42 Å². The lowest BCUT2D eigenvalue weighted by molar-refractivity contribution is -0.142. The fraction of sp³-hybridized carbons (Fsp3) is 0.917. The predicted octanol–water partition coefficient (Wildman–Crippen LogP) is 0.798. The van der Waals surface area contributed by atoms with Crippen LogP contribution in [-0.4, -0.2) is 49.2 Å². The van der Waals surface area contributed by atoms with Crippen LogP contribution in [0.25, 0.3) is 0 Å². The Bertz CT molecular complexity index is 282. The van der Waals surface area contributed by atoms with E-state index in [2.05, 4.69) is 5.32 Å². The van der Waals surface area contributed by atoms with Crippen molar-refractivity contribution >= 4 is 18.3 Å². The molecular formula is C12H21ClN2O2. The van der Waals surface area contributed by atoms with Gasteiger partial charge in [-0.15, -0.1) is 12.4 Å². The van der Waals surface area contributed by atoms with Crippen LogP contribution in [0.3, 0.4) is 0 Å². The number of ether oxygens (including phenoxy) is 1. The summed E-state index contributed by atoms with van der Waals surface area (Å²) in [5.41, 5.74) is 0. The summed E-state index contributed by atoms with van der Waals surface area (Å²) in [5.74, 6) is 0.918. The molecule has 17 heavy (non-hydrogen) atoms. The molecule has 0 spiro atoms. The number of nitrogens with zero attached hydrogens (tertiary/aromatic N) is 1. The second-order valence-electron chi connectivity index (χ2n) is 5.18. The minimum Gasteiger partial charge on any atom is -0.368 e. The van der Waals surface area contributed by atoms with Gasteiger partial charge in [0.2, 0.25) is 0 Å². The minimum absolute atomic E-state index is 0. The van der Waals surface area contributed by atoms with Crippen LogP contribution < -0.4 is 5.32 Å². The molecule has 0 radical (unpaired) electrons. The van der Waals surface area contributed by atoms with E-state index in [0.29, 0.717) is 12.0 Å². The van der Waals surface area contributed by atoms with E-state index < -0.39 is 0 Å². The summed E-state index contributed by atoms with van der Waals surface area (Å²) < 4.78 is 5.47. The number of hydrogen-bond acceptors (Lipinski definition) is 3. The molecule has 3 unspecified atom stereocenters. The van der Waals surface area contributed by atoms with Crippen molar-refractivity contribution in [1.29, 1.82) is 0 Å². The van der Waals surface area contributed by atoms with Gasteiger partial charge in [0, 0.05) is 25.7 Å².